The Balaban J connectivity index is 2.17. The molecule has 2 aromatic rings. The van der Waals surface area contributed by atoms with Crippen molar-refractivity contribution in [3.05, 3.63) is 52.9 Å². The first-order chi connectivity index (χ1) is 8.58. The Morgan fingerprint density at radius 2 is 2.17 bits per heavy atom. The van der Waals surface area contributed by atoms with E-state index in [9.17, 15) is 5.11 Å². The second-order valence-electron chi connectivity index (χ2n) is 4.37. The highest BCUT2D eigenvalue weighted by atomic mass is 35.5. The lowest BCUT2D eigenvalue weighted by Crippen LogP contribution is -2.16. The fraction of sp³-hybridized carbons (Fsp3) is 0.286. The first-order valence-electron chi connectivity index (χ1n) is 5.77. The number of furan rings is 1. The summed E-state index contributed by atoms with van der Waals surface area (Å²) in [5.41, 5.74) is 2.84. The predicted octanol–water partition coefficient (Wildman–Crippen LogP) is 3.62. The topological polar surface area (TPSA) is 36.6 Å². The number of halogens is 1. The Labute approximate surface area is 112 Å². The molecule has 96 valence electrons. The van der Waals surface area contributed by atoms with E-state index in [4.69, 9.17) is 16.0 Å². The maximum atomic E-state index is 9.50. The summed E-state index contributed by atoms with van der Waals surface area (Å²) in [6.07, 6.45) is 2.87. The van der Waals surface area contributed by atoms with Crippen molar-refractivity contribution in [3.8, 4) is 0 Å². The van der Waals surface area contributed by atoms with Gasteiger partial charge in [0.1, 0.15) is 0 Å². The van der Waals surface area contributed by atoms with Gasteiger partial charge in [0.2, 0.25) is 0 Å². The van der Waals surface area contributed by atoms with Crippen molar-refractivity contribution >= 4 is 17.3 Å². The third-order valence-electron chi connectivity index (χ3n) is 2.87. The SMILES string of the molecule is C[C@@H](O)c1ccc(N(C)Cc2ccoc2)c(Cl)c1. The standard InChI is InChI=1S/C14H16ClNO2/c1-10(17)12-3-4-14(13(15)7-12)16(2)8-11-5-6-18-9-11/h3-7,9-10,17H,8H2,1-2H3/t10-/m1/s1. The van der Waals surface area contributed by atoms with E-state index in [2.05, 4.69) is 0 Å². The summed E-state index contributed by atoms with van der Waals surface area (Å²) in [5, 5.41) is 10.1. The Hall–Kier alpha value is -1.45. The molecule has 1 heterocycles. The molecule has 0 spiro atoms. The van der Waals surface area contributed by atoms with Crippen LogP contribution < -0.4 is 4.90 Å². The summed E-state index contributed by atoms with van der Waals surface area (Å²) in [6, 6.07) is 7.53. The van der Waals surface area contributed by atoms with Crippen LogP contribution in [0.4, 0.5) is 5.69 Å². The zero-order chi connectivity index (χ0) is 13.1. The van der Waals surface area contributed by atoms with Crippen LogP contribution in [0.15, 0.2) is 41.2 Å². The van der Waals surface area contributed by atoms with Crippen LogP contribution in [0, 0.1) is 0 Å². The van der Waals surface area contributed by atoms with E-state index in [1.165, 1.54) is 0 Å². The number of aliphatic hydroxyl groups is 1. The molecular weight excluding hydrogens is 250 g/mol. The van der Waals surface area contributed by atoms with Gasteiger partial charge in [-0.3, -0.25) is 0 Å². The first-order valence-corrected chi connectivity index (χ1v) is 6.15. The van der Waals surface area contributed by atoms with Gasteiger partial charge in [-0.05, 0) is 30.7 Å². The summed E-state index contributed by atoms with van der Waals surface area (Å²) in [6.45, 7) is 2.45. The normalized spacial score (nSPS) is 12.4. The van der Waals surface area contributed by atoms with Gasteiger partial charge in [0.15, 0.2) is 0 Å². The molecule has 0 aliphatic carbocycles. The molecule has 1 aromatic heterocycles. The lowest BCUT2D eigenvalue weighted by atomic mass is 10.1. The zero-order valence-electron chi connectivity index (χ0n) is 10.4. The van der Waals surface area contributed by atoms with Gasteiger partial charge in [0.25, 0.3) is 0 Å². The van der Waals surface area contributed by atoms with Crippen molar-refractivity contribution < 1.29 is 9.52 Å². The average molecular weight is 266 g/mol. The van der Waals surface area contributed by atoms with Crippen LogP contribution in [-0.2, 0) is 6.54 Å². The second-order valence-corrected chi connectivity index (χ2v) is 4.78. The summed E-state index contributed by atoms with van der Waals surface area (Å²) in [4.78, 5) is 2.04. The molecular formula is C14H16ClNO2. The molecule has 18 heavy (non-hydrogen) atoms. The summed E-state index contributed by atoms with van der Waals surface area (Å²) >= 11 is 6.23. The fourth-order valence-electron chi connectivity index (χ4n) is 1.83. The molecule has 0 aliphatic heterocycles. The van der Waals surface area contributed by atoms with Crippen LogP contribution in [-0.4, -0.2) is 12.2 Å². The molecule has 0 saturated carbocycles. The minimum absolute atomic E-state index is 0.504. The van der Waals surface area contributed by atoms with Crippen LogP contribution >= 0.6 is 11.6 Å². The van der Waals surface area contributed by atoms with Gasteiger partial charge in [-0.15, -0.1) is 0 Å². The van der Waals surface area contributed by atoms with E-state index in [1.807, 2.05) is 30.1 Å². The van der Waals surface area contributed by atoms with Crippen molar-refractivity contribution in [2.45, 2.75) is 19.6 Å². The average Bonchev–Trinajstić information content (AvgIpc) is 2.81. The molecule has 4 heteroatoms. The largest absolute Gasteiger partial charge is 0.472 e. The molecule has 0 bridgehead atoms. The Kier molecular flexibility index (Phi) is 3.94. The summed E-state index contributed by atoms with van der Waals surface area (Å²) in [7, 11) is 1.97. The molecule has 0 amide bonds. The number of aliphatic hydroxyl groups excluding tert-OH is 1. The highest BCUT2D eigenvalue weighted by Gasteiger charge is 2.10. The number of rotatable bonds is 4. The van der Waals surface area contributed by atoms with Crippen molar-refractivity contribution in [1.29, 1.82) is 0 Å². The van der Waals surface area contributed by atoms with E-state index in [1.54, 1.807) is 25.5 Å². The molecule has 0 unspecified atom stereocenters. The number of anilines is 1. The molecule has 0 aliphatic rings. The minimum atomic E-state index is -0.504. The van der Waals surface area contributed by atoms with Crippen LogP contribution in [0.2, 0.25) is 5.02 Å². The van der Waals surface area contributed by atoms with Crippen molar-refractivity contribution in [1.82, 2.24) is 0 Å². The molecule has 2 rings (SSSR count). The van der Waals surface area contributed by atoms with Crippen LogP contribution in [0.5, 0.6) is 0 Å². The lowest BCUT2D eigenvalue weighted by Gasteiger charge is -2.20. The zero-order valence-corrected chi connectivity index (χ0v) is 11.2. The number of hydrogen-bond donors (Lipinski definition) is 1. The van der Waals surface area contributed by atoms with Crippen LogP contribution in [0.1, 0.15) is 24.2 Å². The lowest BCUT2D eigenvalue weighted by molar-refractivity contribution is 0.199. The monoisotopic (exact) mass is 265 g/mol. The van der Waals surface area contributed by atoms with Crippen molar-refractivity contribution in [3.63, 3.8) is 0 Å². The summed E-state index contributed by atoms with van der Waals surface area (Å²) < 4.78 is 5.04. The molecule has 1 N–H and O–H groups in total. The van der Waals surface area contributed by atoms with Crippen molar-refractivity contribution in [2.24, 2.45) is 0 Å². The van der Waals surface area contributed by atoms with Gasteiger partial charge < -0.3 is 14.4 Å². The van der Waals surface area contributed by atoms with Gasteiger partial charge in [-0.2, -0.15) is 0 Å². The fourth-order valence-corrected chi connectivity index (χ4v) is 2.17. The Bertz CT molecular complexity index is 509. The second kappa shape index (κ2) is 5.46. The van der Waals surface area contributed by atoms with E-state index < -0.39 is 6.10 Å². The Morgan fingerprint density at radius 3 is 2.72 bits per heavy atom. The van der Waals surface area contributed by atoms with Crippen molar-refractivity contribution in [2.75, 3.05) is 11.9 Å². The van der Waals surface area contributed by atoms with E-state index in [-0.39, 0.29) is 0 Å². The third kappa shape index (κ3) is 2.86. The number of benzene rings is 1. The van der Waals surface area contributed by atoms with E-state index in [0.717, 1.165) is 23.4 Å². The predicted molar refractivity (Wildman–Crippen MR) is 72.9 cm³/mol. The molecule has 1 atom stereocenters. The third-order valence-corrected chi connectivity index (χ3v) is 3.17. The highest BCUT2D eigenvalue weighted by Crippen LogP contribution is 2.29. The minimum Gasteiger partial charge on any atom is -0.472 e. The molecule has 0 radical (unpaired) electrons. The van der Waals surface area contributed by atoms with E-state index >= 15 is 0 Å². The summed E-state index contributed by atoms with van der Waals surface area (Å²) in [5.74, 6) is 0. The van der Waals surface area contributed by atoms with Gasteiger partial charge in [-0.25, -0.2) is 0 Å². The van der Waals surface area contributed by atoms with Gasteiger partial charge in [0.05, 0.1) is 29.3 Å². The van der Waals surface area contributed by atoms with E-state index in [0.29, 0.717) is 5.02 Å². The highest BCUT2D eigenvalue weighted by molar-refractivity contribution is 6.33. The Morgan fingerprint density at radius 1 is 1.39 bits per heavy atom. The van der Waals surface area contributed by atoms with Gasteiger partial charge in [-0.1, -0.05) is 17.7 Å². The van der Waals surface area contributed by atoms with Crippen LogP contribution in [0.3, 0.4) is 0 Å². The quantitative estimate of drug-likeness (QED) is 0.917. The van der Waals surface area contributed by atoms with Crippen LogP contribution in [0.25, 0.3) is 0 Å². The number of nitrogens with zero attached hydrogens (tertiary/aromatic N) is 1. The number of hydrogen-bond acceptors (Lipinski definition) is 3. The van der Waals surface area contributed by atoms with Gasteiger partial charge >= 0.3 is 0 Å². The molecule has 0 saturated heterocycles. The molecule has 1 aromatic carbocycles. The molecule has 0 fully saturated rings. The first kappa shape index (κ1) is 13.0. The maximum absolute atomic E-state index is 9.50. The smallest absolute Gasteiger partial charge is 0.0952 e. The maximum Gasteiger partial charge on any atom is 0.0952 e. The van der Waals surface area contributed by atoms with Gasteiger partial charge in [0, 0.05) is 19.2 Å². The molecule has 3 nitrogen and oxygen atoms in total.